The summed E-state index contributed by atoms with van der Waals surface area (Å²) in [6.45, 7) is 0.807. The number of imide groups is 1. The van der Waals surface area contributed by atoms with Crippen LogP contribution in [0.25, 0.3) is 0 Å². The lowest BCUT2D eigenvalue weighted by molar-refractivity contribution is -0.121. The molecule has 1 saturated heterocycles. The van der Waals surface area contributed by atoms with Gasteiger partial charge >= 0.3 is 6.03 Å². The maximum absolute atomic E-state index is 12.5. The highest BCUT2D eigenvalue weighted by Crippen LogP contribution is 2.21. The highest BCUT2D eigenvalue weighted by molar-refractivity contribution is 6.04. The molecule has 2 aliphatic rings. The van der Waals surface area contributed by atoms with Crippen molar-refractivity contribution < 1.29 is 14.4 Å². The van der Waals surface area contributed by atoms with Gasteiger partial charge in [0.25, 0.3) is 5.91 Å². The fraction of sp³-hybridized carbons (Fsp3) is 0.333. The van der Waals surface area contributed by atoms with E-state index in [9.17, 15) is 14.4 Å². The van der Waals surface area contributed by atoms with Crippen molar-refractivity contribution in [1.82, 2.24) is 20.2 Å². The Morgan fingerprint density at radius 3 is 2.81 bits per heavy atom. The number of carbonyl (C=O) groups is 3. The lowest BCUT2D eigenvalue weighted by Gasteiger charge is -2.22. The molecule has 8 nitrogen and oxygen atoms in total. The monoisotopic (exact) mass is 353 g/mol. The first-order chi connectivity index (χ1) is 12.6. The summed E-state index contributed by atoms with van der Waals surface area (Å²) in [5.41, 5.74) is 1.62. The molecule has 2 aliphatic heterocycles. The zero-order valence-electron chi connectivity index (χ0n) is 14.1. The second-order valence-electron chi connectivity index (χ2n) is 6.63. The second kappa shape index (κ2) is 6.62. The Hall–Kier alpha value is -3.16. The topological polar surface area (TPSA) is 105 Å². The fourth-order valence-corrected chi connectivity index (χ4v) is 3.38. The van der Waals surface area contributed by atoms with E-state index in [0.29, 0.717) is 18.5 Å². The van der Waals surface area contributed by atoms with Crippen molar-refractivity contribution in [2.75, 3.05) is 5.32 Å². The van der Waals surface area contributed by atoms with Crippen LogP contribution in [-0.2, 0) is 29.0 Å². The Balaban J connectivity index is 1.35. The minimum atomic E-state index is -0.547. The van der Waals surface area contributed by atoms with Crippen molar-refractivity contribution in [3.05, 3.63) is 48.0 Å². The van der Waals surface area contributed by atoms with E-state index < -0.39 is 12.1 Å². The molecule has 26 heavy (non-hydrogen) atoms. The average Bonchev–Trinajstić information content (AvgIpc) is 3.22. The molecule has 3 heterocycles. The first-order valence-electron chi connectivity index (χ1n) is 8.59. The maximum Gasteiger partial charge on any atom is 0.322 e. The number of nitrogens with one attached hydrogen (secondary N) is 3. The number of hydrogen-bond donors (Lipinski definition) is 3. The number of amides is 4. The molecular formula is C18H19N5O3. The van der Waals surface area contributed by atoms with Gasteiger partial charge in [0.05, 0.1) is 0 Å². The molecule has 2 unspecified atom stereocenters. The summed E-state index contributed by atoms with van der Waals surface area (Å²) >= 11 is 0. The number of aryl methyl sites for hydroxylation is 1. The van der Waals surface area contributed by atoms with E-state index in [1.54, 1.807) is 6.20 Å². The van der Waals surface area contributed by atoms with Crippen molar-refractivity contribution >= 4 is 23.5 Å². The third-order valence-corrected chi connectivity index (χ3v) is 4.84. The quantitative estimate of drug-likeness (QED) is 0.708. The largest absolute Gasteiger partial charge is 0.335 e. The van der Waals surface area contributed by atoms with Crippen molar-refractivity contribution in [3.63, 3.8) is 0 Å². The van der Waals surface area contributed by atoms with E-state index in [-0.39, 0.29) is 17.7 Å². The number of aromatic nitrogens is 2. The van der Waals surface area contributed by atoms with Crippen LogP contribution in [0.5, 0.6) is 0 Å². The Kier molecular flexibility index (Phi) is 4.16. The molecule has 0 bridgehead atoms. The molecule has 0 radical (unpaired) electrons. The van der Waals surface area contributed by atoms with Gasteiger partial charge in [-0.05, 0) is 24.1 Å². The van der Waals surface area contributed by atoms with Gasteiger partial charge in [0.2, 0.25) is 5.91 Å². The van der Waals surface area contributed by atoms with Gasteiger partial charge in [-0.1, -0.05) is 12.1 Å². The molecule has 0 spiro atoms. The van der Waals surface area contributed by atoms with Crippen LogP contribution >= 0.6 is 0 Å². The highest BCUT2D eigenvalue weighted by Gasteiger charge is 2.29. The number of urea groups is 1. The van der Waals surface area contributed by atoms with Crippen LogP contribution < -0.4 is 16.0 Å². The molecule has 0 aliphatic carbocycles. The molecule has 0 saturated carbocycles. The van der Waals surface area contributed by atoms with Gasteiger partial charge in [0.15, 0.2) is 0 Å². The maximum atomic E-state index is 12.5. The standard InChI is InChI=1S/C18H19N5O3/c24-16(12-5-7-23-8-6-19-15(23)10-12)20-13-3-1-11(2-4-13)9-14-17(25)22-18(26)21-14/h1-4,6,8,12,14H,5,7,9-10H2,(H,20,24)(H2,21,22,25,26). The third kappa shape index (κ3) is 3.30. The summed E-state index contributed by atoms with van der Waals surface area (Å²) in [7, 11) is 0. The van der Waals surface area contributed by atoms with Gasteiger partial charge in [-0.2, -0.15) is 0 Å². The van der Waals surface area contributed by atoms with Crippen LogP contribution in [0.2, 0.25) is 0 Å². The first kappa shape index (κ1) is 16.3. The van der Waals surface area contributed by atoms with Crippen molar-refractivity contribution in [2.45, 2.75) is 31.8 Å². The normalized spacial score (nSPS) is 21.7. The molecule has 1 aromatic heterocycles. The fourth-order valence-electron chi connectivity index (χ4n) is 3.38. The van der Waals surface area contributed by atoms with Crippen LogP contribution in [0, 0.1) is 5.92 Å². The van der Waals surface area contributed by atoms with Gasteiger partial charge in [-0.3, -0.25) is 14.9 Å². The van der Waals surface area contributed by atoms with Gasteiger partial charge in [-0.25, -0.2) is 9.78 Å². The van der Waals surface area contributed by atoms with Crippen molar-refractivity contribution in [3.8, 4) is 0 Å². The van der Waals surface area contributed by atoms with E-state index in [0.717, 1.165) is 24.4 Å². The van der Waals surface area contributed by atoms with Crippen molar-refractivity contribution in [2.24, 2.45) is 5.92 Å². The van der Waals surface area contributed by atoms with E-state index >= 15 is 0 Å². The summed E-state index contributed by atoms with van der Waals surface area (Å²) in [6, 6.07) is 6.31. The summed E-state index contributed by atoms with van der Waals surface area (Å²) in [5.74, 6) is 0.545. The Morgan fingerprint density at radius 1 is 1.27 bits per heavy atom. The minimum Gasteiger partial charge on any atom is -0.335 e. The molecule has 3 N–H and O–H groups in total. The van der Waals surface area contributed by atoms with Crippen LogP contribution in [-0.4, -0.2) is 33.4 Å². The Labute approximate surface area is 150 Å². The average molecular weight is 353 g/mol. The van der Waals surface area contributed by atoms with E-state index in [4.69, 9.17) is 0 Å². The predicted octanol–water partition coefficient (Wildman–Crippen LogP) is 0.835. The number of nitrogens with zero attached hydrogens (tertiary/aromatic N) is 2. The number of imidazole rings is 1. The predicted molar refractivity (Wildman–Crippen MR) is 93.3 cm³/mol. The molecule has 2 atom stereocenters. The Morgan fingerprint density at radius 2 is 2.08 bits per heavy atom. The van der Waals surface area contributed by atoms with Crippen molar-refractivity contribution in [1.29, 1.82) is 0 Å². The van der Waals surface area contributed by atoms with Crippen LogP contribution in [0.15, 0.2) is 36.7 Å². The van der Waals surface area contributed by atoms with Gasteiger partial charge in [0, 0.05) is 43.4 Å². The smallest absolute Gasteiger partial charge is 0.322 e. The van der Waals surface area contributed by atoms with E-state index in [1.165, 1.54) is 0 Å². The molecule has 134 valence electrons. The zero-order chi connectivity index (χ0) is 18.1. The molecule has 8 heteroatoms. The molecule has 2 aromatic rings. The summed E-state index contributed by atoms with van der Waals surface area (Å²) in [6.07, 6.45) is 5.56. The second-order valence-corrected chi connectivity index (χ2v) is 6.63. The summed E-state index contributed by atoms with van der Waals surface area (Å²) in [4.78, 5) is 39.5. The lowest BCUT2D eigenvalue weighted by atomic mass is 9.96. The van der Waals surface area contributed by atoms with Gasteiger partial charge in [0.1, 0.15) is 11.9 Å². The third-order valence-electron chi connectivity index (χ3n) is 4.84. The van der Waals surface area contributed by atoms with Crippen LogP contribution in [0.3, 0.4) is 0 Å². The van der Waals surface area contributed by atoms with Crippen LogP contribution in [0.1, 0.15) is 17.8 Å². The first-order valence-corrected chi connectivity index (χ1v) is 8.59. The SMILES string of the molecule is O=C1NC(=O)C(Cc2ccc(NC(=O)C3CCn4ccnc4C3)cc2)N1. The van der Waals surface area contributed by atoms with E-state index in [2.05, 4.69) is 25.5 Å². The van der Waals surface area contributed by atoms with E-state index in [1.807, 2.05) is 30.5 Å². The number of carbonyl (C=O) groups excluding carboxylic acids is 3. The molecule has 4 rings (SSSR count). The van der Waals surface area contributed by atoms with Gasteiger partial charge < -0.3 is 15.2 Å². The minimum absolute atomic E-state index is 0.00515. The van der Waals surface area contributed by atoms with Crippen LogP contribution in [0.4, 0.5) is 10.5 Å². The Bertz CT molecular complexity index is 858. The highest BCUT2D eigenvalue weighted by atomic mass is 16.2. The number of hydrogen-bond acceptors (Lipinski definition) is 4. The molecule has 4 amide bonds. The van der Waals surface area contributed by atoms with Gasteiger partial charge in [-0.15, -0.1) is 0 Å². The molecular weight excluding hydrogens is 334 g/mol. The molecule has 1 aromatic carbocycles. The number of fused-ring (bicyclic) bond motifs is 1. The zero-order valence-corrected chi connectivity index (χ0v) is 14.1. The number of benzene rings is 1. The summed E-state index contributed by atoms with van der Waals surface area (Å²) in [5, 5.41) is 7.73. The lowest BCUT2D eigenvalue weighted by Crippen LogP contribution is -2.31. The number of anilines is 1. The molecule has 1 fully saturated rings. The summed E-state index contributed by atoms with van der Waals surface area (Å²) < 4.78 is 2.08. The number of rotatable bonds is 4.